The maximum Gasteiger partial charge on any atom is 0.342 e. The predicted octanol–water partition coefficient (Wildman–Crippen LogP) is 5.97. The fourth-order valence-corrected chi connectivity index (χ4v) is 2.80. The zero-order valence-electron chi connectivity index (χ0n) is 12.2. The number of carboxylic acids is 1. The first-order valence-corrected chi connectivity index (χ1v) is 8.54. The van der Waals surface area contributed by atoms with Gasteiger partial charge in [-0.25, -0.2) is 18.4 Å². The fourth-order valence-electron chi connectivity index (χ4n) is 1.54. The summed E-state index contributed by atoms with van der Waals surface area (Å²) in [6.45, 7) is 0. The summed E-state index contributed by atoms with van der Waals surface area (Å²) in [5.41, 5.74) is -0.627. The standard InChI is InChI=1S/C8H5BrClFO2.C7H3BrClFO2/c1-13-8(12)6-4(9)2-3-5(10)7(6)11;8-3-1-2-4(9)6(10)5(3)7(11)12/h2-3H,1H3;1-2H,(H,11,12). The van der Waals surface area contributed by atoms with Gasteiger partial charge in [-0.15, -0.1) is 0 Å². The lowest BCUT2D eigenvalue weighted by Crippen LogP contribution is -2.05. The second-order valence-corrected chi connectivity index (χ2v) is 6.76. The van der Waals surface area contributed by atoms with Crippen LogP contribution in [-0.4, -0.2) is 24.2 Å². The first-order valence-electron chi connectivity index (χ1n) is 6.20. The van der Waals surface area contributed by atoms with E-state index in [4.69, 9.17) is 28.3 Å². The first kappa shape index (κ1) is 21.8. The Morgan fingerprint density at radius 1 is 0.960 bits per heavy atom. The number of esters is 1. The summed E-state index contributed by atoms with van der Waals surface area (Å²) < 4.78 is 31.1. The lowest BCUT2D eigenvalue weighted by atomic mass is 10.2. The Labute approximate surface area is 167 Å². The van der Waals surface area contributed by atoms with Crippen LogP contribution in [0.2, 0.25) is 10.0 Å². The van der Waals surface area contributed by atoms with Gasteiger partial charge < -0.3 is 9.84 Å². The van der Waals surface area contributed by atoms with Crippen molar-refractivity contribution < 1.29 is 28.2 Å². The van der Waals surface area contributed by atoms with Crippen LogP contribution in [-0.2, 0) is 4.74 Å². The van der Waals surface area contributed by atoms with Crippen LogP contribution in [0.5, 0.6) is 0 Å². The molecular formula is C15H8Br2Cl2F2O4. The molecule has 0 fully saturated rings. The topological polar surface area (TPSA) is 63.6 Å². The molecule has 0 unspecified atom stereocenters. The van der Waals surface area contributed by atoms with E-state index in [1.807, 2.05) is 0 Å². The van der Waals surface area contributed by atoms with E-state index in [-0.39, 0.29) is 20.1 Å². The average Bonchev–Trinajstić information content (AvgIpc) is 2.55. The first-order chi connectivity index (χ1) is 11.6. The minimum atomic E-state index is -1.35. The predicted molar refractivity (Wildman–Crippen MR) is 96.5 cm³/mol. The summed E-state index contributed by atoms with van der Waals surface area (Å²) in [5, 5.41) is 8.24. The van der Waals surface area contributed by atoms with Crippen molar-refractivity contribution in [3.8, 4) is 0 Å². The molecule has 1 N–H and O–H groups in total. The van der Waals surface area contributed by atoms with Crippen LogP contribution in [0.1, 0.15) is 20.7 Å². The summed E-state index contributed by atoms with van der Waals surface area (Å²) in [6, 6.07) is 5.51. The number of methoxy groups -OCH3 is 1. The van der Waals surface area contributed by atoms with Crippen LogP contribution in [0.3, 0.4) is 0 Å². The molecule has 4 nitrogen and oxygen atoms in total. The zero-order chi connectivity index (χ0) is 19.3. The second kappa shape index (κ2) is 9.47. The number of halogens is 6. The molecule has 0 saturated heterocycles. The number of carboxylic acid groups (broad SMARTS) is 1. The van der Waals surface area contributed by atoms with Gasteiger partial charge in [-0.2, -0.15) is 0 Å². The minimum Gasteiger partial charge on any atom is -0.478 e. The molecule has 25 heavy (non-hydrogen) atoms. The molecule has 0 bridgehead atoms. The average molecular weight is 521 g/mol. The Morgan fingerprint density at radius 2 is 1.36 bits per heavy atom. The Balaban J connectivity index is 0.000000251. The summed E-state index contributed by atoms with van der Waals surface area (Å²) in [6.07, 6.45) is 0. The quantitative estimate of drug-likeness (QED) is 0.391. The van der Waals surface area contributed by atoms with Crippen LogP contribution in [0, 0.1) is 11.6 Å². The number of hydrogen-bond acceptors (Lipinski definition) is 3. The van der Waals surface area contributed by atoms with Gasteiger partial charge in [-0.3, -0.25) is 0 Å². The summed E-state index contributed by atoms with van der Waals surface area (Å²) in [4.78, 5) is 21.5. The Bertz CT molecular complexity index is 832. The molecule has 0 aromatic heterocycles. The van der Waals surface area contributed by atoms with Gasteiger partial charge in [0.15, 0.2) is 11.6 Å². The molecule has 0 aliphatic carbocycles. The highest BCUT2D eigenvalue weighted by Gasteiger charge is 2.18. The summed E-state index contributed by atoms with van der Waals surface area (Å²) in [7, 11) is 1.18. The minimum absolute atomic E-state index is 0.108. The van der Waals surface area contributed by atoms with Gasteiger partial charge >= 0.3 is 11.9 Å². The number of rotatable bonds is 2. The molecule has 0 aliphatic rings. The normalized spacial score (nSPS) is 9.88. The van der Waals surface area contributed by atoms with Crippen LogP contribution in [0.25, 0.3) is 0 Å². The number of carbonyl (C=O) groups excluding carboxylic acids is 1. The smallest absolute Gasteiger partial charge is 0.342 e. The van der Waals surface area contributed by atoms with E-state index in [0.717, 1.165) is 0 Å². The van der Waals surface area contributed by atoms with Crippen molar-refractivity contribution in [1.29, 1.82) is 0 Å². The molecule has 0 atom stereocenters. The van der Waals surface area contributed by atoms with Gasteiger partial charge in [0.25, 0.3) is 0 Å². The SMILES string of the molecule is COC(=O)c1c(Br)ccc(Cl)c1F.O=C(O)c1c(Br)ccc(Cl)c1F. The van der Waals surface area contributed by atoms with E-state index in [1.165, 1.54) is 31.4 Å². The number of ether oxygens (including phenoxy) is 1. The molecule has 0 radical (unpaired) electrons. The van der Waals surface area contributed by atoms with Gasteiger partial charge in [0.05, 0.1) is 17.2 Å². The van der Waals surface area contributed by atoms with Crippen LogP contribution < -0.4 is 0 Å². The lowest BCUT2D eigenvalue weighted by molar-refractivity contribution is 0.0593. The van der Waals surface area contributed by atoms with E-state index in [9.17, 15) is 18.4 Å². The van der Waals surface area contributed by atoms with Crippen LogP contribution in [0.4, 0.5) is 8.78 Å². The maximum atomic E-state index is 13.2. The zero-order valence-corrected chi connectivity index (χ0v) is 16.9. The third kappa shape index (κ3) is 5.37. The molecular weight excluding hydrogens is 513 g/mol. The van der Waals surface area contributed by atoms with E-state index < -0.39 is 29.1 Å². The van der Waals surface area contributed by atoms with Gasteiger partial charge in [-0.1, -0.05) is 23.2 Å². The Hall–Kier alpha value is -1.22. The van der Waals surface area contributed by atoms with Crippen molar-refractivity contribution in [2.24, 2.45) is 0 Å². The highest BCUT2D eigenvalue weighted by molar-refractivity contribution is 9.10. The highest BCUT2D eigenvalue weighted by atomic mass is 79.9. The third-order valence-corrected chi connectivity index (χ3v) is 4.60. The Kier molecular flexibility index (Phi) is 8.27. The number of aromatic carboxylic acids is 1. The monoisotopic (exact) mass is 518 g/mol. The molecule has 2 aromatic carbocycles. The van der Waals surface area contributed by atoms with Crippen molar-refractivity contribution in [3.05, 3.63) is 66.0 Å². The molecule has 10 heteroatoms. The Morgan fingerprint density at radius 3 is 1.72 bits per heavy atom. The molecule has 134 valence electrons. The van der Waals surface area contributed by atoms with Gasteiger partial charge in [0.1, 0.15) is 11.1 Å². The maximum absolute atomic E-state index is 13.2. The largest absolute Gasteiger partial charge is 0.478 e. The molecule has 0 aliphatic heterocycles. The fraction of sp³-hybridized carbons (Fsp3) is 0.0667. The molecule has 2 aromatic rings. The van der Waals surface area contributed by atoms with Crippen molar-refractivity contribution in [2.45, 2.75) is 0 Å². The molecule has 0 amide bonds. The van der Waals surface area contributed by atoms with Crippen molar-refractivity contribution in [1.82, 2.24) is 0 Å². The van der Waals surface area contributed by atoms with Crippen molar-refractivity contribution in [2.75, 3.05) is 7.11 Å². The summed E-state index contributed by atoms with van der Waals surface area (Å²) >= 11 is 16.8. The van der Waals surface area contributed by atoms with E-state index in [1.54, 1.807) is 0 Å². The molecule has 0 heterocycles. The molecule has 2 rings (SSSR count). The van der Waals surface area contributed by atoms with Crippen molar-refractivity contribution in [3.63, 3.8) is 0 Å². The summed E-state index contributed by atoms with van der Waals surface area (Å²) in [5.74, 6) is -3.80. The van der Waals surface area contributed by atoms with Crippen LogP contribution in [0.15, 0.2) is 33.2 Å². The lowest BCUT2D eigenvalue weighted by Gasteiger charge is -2.04. The number of carbonyl (C=O) groups is 2. The van der Waals surface area contributed by atoms with Crippen molar-refractivity contribution >= 4 is 67.0 Å². The number of benzene rings is 2. The van der Waals surface area contributed by atoms with Gasteiger partial charge in [0.2, 0.25) is 0 Å². The van der Waals surface area contributed by atoms with Gasteiger partial charge in [-0.05, 0) is 56.1 Å². The van der Waals surface area contributed by atoms with Gasteiger partial charge in [0, 0.05) is 8.95 Å². The van der Waals surface area contributed by atoms with Crippen LogP contribution >= 0.6 is 55.1 Å². The number of hydrogen-bond donors (Lipinski definition) is 1. The van der Waals surface area contributed by atoms with E-state index in [2.05, 4.69) is 36.6 Å². The molecule has 0 saturated carbocycles. The molecule has 0 spiro atoms. The third-order valence-electron chi connectivity index (χ3n) is 2.69. The van der Waals surface area contributed by atoms with E-state index >= 15 is 0 Å². The second-order valence-electron chi connectivity index (χ2n) is 4.23. The highest BCUT2D eigenvalue weighted by Crippen LogP contribution is 2.26. The van der Waals surface area contributed by atoms with E-state index in [0.29, 0.717) is 4.47 Å².